The number of nitrogens with zero attached hydrogens (tertiary/aromatic N) is 1. The molecule has 2 unspecified atom stereocenters. The molecule has 15 heavy (non-hydrogen) atoms. The summed E-state index contributed by atoms with van der Waals surface area (Å²) in [6, 6.07) is -1.42. The first-order valence-electron chi connectivity index (χ1n) is 4.91. The van der Waals surface area contributed by atoms with Crippen molar-refractivity contribution >= 4 is 5.97 Å². The molecule has 88 valence electrons. The number of rotatable bonds is 7. The fourth-order valence-corrected chi connectivity index (χ4v) is 1.29. The van der Waals surface area contributed by atoms with Crippen molar-refractivity contribution in [2.24, 2.45) is 0 Å². The Balaban J connectivity index is 4.61. The van der Waals surface area contributed by atoms with Gasteiger partial charge in [-0.3, -0.25) is 10.1 Å². The molecule has 0 fully saturated rings. The van der Waals surface area contributed by atoms with Crippen molar-refractivity contribution in [2.75, 3.05) is 13.7 Å². The second kappa shape index (κ2) is 7.17. The van der Waals surface area contributed by atoms with E-state index in [0.717, 1.165) is 0 Å². The van der Waals surface area contributed by atoms with E-state index in [1.165, 1.54) is 7.11 Å². The van der Waals surface area contributed by atoms with Crippen LogP contribution in [0.1, 0.15) is 26.7 Å². The second-order valence-electron chi connectivity index (χ2n) is 3.05. The van der Waals surface area contributed by atoms with Gasteiger partial charge in [-0.1, -0.05) is 13.3 Å². The quantitative estimate of drug-likeness (QED) is 0.362. The average molecular weight is 219 g/mol. The van der Waals surface area contributed by atoms with Gasteiger partial charge in [0.05, 0.1) is 6.61 Å². The lowest BCUT2D eigenvalue weighted by Gasteiger charge is -2.17. The minimum Gasteiger partial charge on any atom is -0.461 e. The molecule has 0 aliphatic heterocycles. The molecule has 0 radical (unpaired) electrons. The maximum absolute atomic E-state index is 11.3. The second-order valence-corrected chi connectivity index (χ2v) is 3.05. The lowest BCUT2D eigenvalue weighted by molar-refractivity contribution is -0.522. The molecule has 0 N–H and O–H groups in total. The normalized spacial score (nSPS) is 14.3. The summed E-state index contributed by atoms with van der Waals surface area (Å²) >= 11 is 0. The Morgan fingerprint density at radius 1 is 1.47 bits per heavy atom. The number of ether oxygens (including phenoxy) is 2. The van der Waals surface area contributed by atoms with E-state index in [1.54, 1.807) is 6.92 Å². The maximum atomic E-state index is 11.3. The third-order valence-corrected chi connectivity index (χ3v) is 1.98. The minimum atomic E-state index is -1.42. The van der Waals surface area contributed by atoms with Gasteiger partial charge in [0.15, 0.2) is 0 Å². The maximum Gasteiger partial charge on any atom is 0.384 e. The number of carbonyl (C=O) groups is 1. The third kappa shape index (κ3) is 4.24. The molecule has 0 aliphatic rings. The smallest absolute Gasteiger partial charge is 0.384 e. The van der Waals surface area contributed by atoms with Crippen LogP contribution in [0, 0.1) is 10.1 Å². The van der Waals surface area contributed by atoms with Crippen LogP contribution in [0.3, 0.4) is 0 Å². The predicted molar refractivity (Wildman–Crippen MR) is 53.1 cm³/mol. The van der Waals surface area contributed by atoms with Gasteiger partial charge in [0.1, 0.15) is 6.10 Å². The molecule has 0 amide bonds. The Morgan fingerprint density at radius 2 is 2.07 bits per heavy atom. The summed E-state index contributed by atoms with van der Waals surface area (Å²) in [4.78, 5) is 21.4. The van der Waals surface area contributed by atoms with Gasteiger partial charge in [-0.2, -0.15) is 0 Å². The number of methoxy groups -OCH3 is 1. The highest BCUT2D eigenvalue weighted by molar-refractivity contribution is 5.75. The SMILES string of the molecule is CCCC(OC)C(C(=O)OCC)[N+](=O)[O-]. The molecule has 0 spiro atoms. The van der Waals surface area contributed by atoms with Crippen LogP contribution in [0.4, 0.5) is 0 Å². The van der Waals surface area contributed by atoms with E-state index in [0.29, 0.717) is 12.8 Å². The van der Waals surface area contributed by atoms with Crippen molar-refractivity contribution in [3.8, 4) is 0 Å². The first kappa shape index (κ1) is 13.8. The van der Waals surface area contributed by atoms with Crippen LogP contribution >= 0.6 is 0 Å². The van der Waals surface area contributed by atoms with Crippen LogP contribution in [0.15, 0.2) is 0 Å². The van der Waals surface area contributed by atoms with E-state index in [-0.39, 0.29) is 6.61 Å². The number of esters is 1. The average Bonchev–Trinajstić information content (AvgIpc) is 2.16. The molecule has 0 heterocycles. The molecule has 0 saturated heterocycles. The highest BCUT2D eigenvalue weighted by atomic mass is 16.6. The molecule has 2 atom stereocenters. The lowest BCUT2D eigenvalue weighted by Crippen LogP contribution is -2.42. The van der Waals surface area contributed by atoms with Crippen molar-refractivity contribution in [3.63, 3.8) is 0 Å². The van der Waals surface area contributed by atoms with Gasteiger partial charge in [0.25, 0.3) is 0 Å². The van der Waals surface area contributed by atoms with Gasteiger partial charge >= 0.3 is 12.0 Å². The topological polar surface area (TPSA) is 78.7 Å². The predicted octanol–water partition coefficient (Wildman–Crippen LogP) is 1.01. The highest BCUT2D eigenvalue weighted by Gasteiger charge is 2.39. The van der Waals surface area contributed by atoms with Gasteiger partial charge in [-0.25, -0.2) is 4.79 Å². The van der Waals surface area contributed by atoms with Gasteiger partial charge in [-0.05, 0) is 13.3 Å². The Bertz CT molecular complexity index is 219. The van der Waals surface area contributed by atoms with Crippen molar-refractivity contribution < 1.29 is 19.2 Å². The van der Waals surface area contributed by atoms with E-state index in [1.807, 2.05) is 6.92 Å². The van der Waals surface area contributed by atoms with Crippen molar-refractivity contribution in [3.05, 3.63) is 10.1 Å². The summed E-state index contributed by atoms with van der Waals surface area (Å²) in [6.45, 7) is 3.61. The van der Waals surface area contributed by atoms with E-state index in [2.05, 4.69) is 4.74 Å². The molecule has 0 aromatic rings. The Hall–Kier alpha value is -1.17. The van der Waals surface area contributed by atoms with E-state index in [9.17, 15) is 14.9 Å². The fraction of sp³-hybridized carbons (Fsp3) is 0.889. The summed E-state index contributed by atoms with van der Waals surface area (Å²) in [5.74, 6) is -0.831. The summed E-state index contributed by atoms with van der Waals surface area (Å²) in [5.41, 5.74) is 0. The zero-order chi connectivity index (χ0) is 11.8. The number of nitro groups is 1. The fourth-order valence-electron chi connectivity index (χ4n) is 1.29. The number of hydrogen-bond donors (Lipinski definition) is 0. The van der Waals surface area contributed by atoms with Crippen LogP contribution in [-0.4, -0.2) is 36.8 Å². The Labute approximate surface area is 88.7 Å². The molecule has 6 heteroatoms. The van der Waals surface area contributed by atoms with Crippen LogP contribution in [0.5, 0.6) is 0 Å². The molecule has 0 aromatic carbocycles. The third-order valence-electron chi connectivity index (χ3n) is 1.98. The Kier molecular flexibility index (Phi) is 6.61. The first-order chi connectivity index (χ1) is 7.08. The summed E-state index contributed by atoms with van der Waals surface area (Å²) in [6.07, 6.45) is 0.451. The van der Waals surface area contributed by atoms with Crippen LogP contribution < -0.4 is 0 Å². The minimum absolute atomic E-state index is 0.131. The molecule has 0 saturated carbocycles. The van der Waals surface area contributed by atoms with Gasteiger partial charge < -0.3 is 9.47 Å². The molecule has 0 aromatic heterocycles. The number of carbonyl (C=O) groups excluding carboxylic acids is 1. The first-order valence-corrected chi connectivity index (χ1v) is 4.91. The molecular weight excluding hydrogens is 202 g/mol. The molecule has 0 aliphatic carbocycles. The molecule has 0 bridgehead atoms. The van der Waals surface area contributed by atoms with Gasteiger partial charge in [0.2, 0.25) is 0 Å². The van der Waals surface area contributed by atoms with E-state index < -0.39 is 23.0 Å². The molecule has 0 rings (SSSR count). The van der Waals surface area contributed by atoms with Gasteiger partial charge in [0, 0.05) is 12.0 Å². The van der Waals surface area contributed by atoms with Crippen molar-refractivity contribution in [1.82, 2.24) is 0 Å². The van der Waals surface area contributed by atoms with Crippen LogP contribution in [0.2, 0.25) is 0 Å². The lowest BCUT2D eigenvalue weighted by atomic mass is 10.1. The zero-order valence-electron chi connectivity index (χ0n) is 9.26. The van der Waals surface area contributed by atoms with Crippen molar-refractivity contribution in [2.45, 2.75) is 38.8 Å². The summed E-state index contributed by atoms with van der Waals surface area (Å²) < 4.78 is 9.57. The Morgan fingerprint density at radius 3 is 2.40 bits per heavy atom. The molecule has 6 nitrogen and oxygen atoms in total. The standard InChI is InChI=1S/C9H17NO5/c1-4-6-7(14-3)8(10(12)13)9(11)15-5-2/h7-8H,4-6H2,1-3H3. The summed E-state index contributed by atoms with van der Waals surface area (Å²) in [7, 11) is 1.36. The molecular formula is C9H17NO5. The van der Waals surface area contributed by atoms with Crippen molar-refractivity contribution in [1.29, 1.82) is 0 Å². The van der Waals surface area contributed by atoms with E-state index >= 15 is 0 Å². The zero-order valence-corrected chi connectivity index (χ0v) is 9.26. The van der Waals surface area contributed by atoms with Crippen LogP contribution in [-0.2, 0) is 14.3 Å². The number of hydrogen-bond acceptors (Lipinski definition) is 5. The van der Waals surface area contributed by atoms with Gasteiger partial charge in [-0.15, -0.1) is 0 Å². The van der Waals surface area contributed by atoms with E-state index in [4.69, 9.17) is 4.74 Å². The largest absolute Gasteiger partial charge is 0.461 e. The highest BCUT2D eigenvalue weighted by Crippen LogP contribution is 2.11. The summed E-state index contributed by atoms with van der Waals surface area (Å²) in [5, 5.41) is 10.7. The monoisotopic (exact) mass is 219 g/mol. The van der Waals surface area contributed by atoms with Crippen LogP contribution in [0.25, 0.3) is 0 Å².